The quantitative estimate of drug-likeness (QED) is 0.245. The van der Waals surface area contributed by atoms with Crippen LogP contribution in [0.1, 0.15) is 16.7 Å². The van der Waals surface area contributed by atoms with Crippen molar-refractivity contribution >= 4 is 39.2 Å². The van der Waals surface area contributed by atoms with E-state index < -0.39 is 5.54 Å². The van der Waals surface area contributed by atoms with E-state index in [-0.39, 0.29) is 16.5 Å². The summed E-state index contributed by atoms with van der Waals surface area (Å²) in [4.78, 5) is 4.69. The Morgan fingerprint density at radius 3 is 1.46 bits per heavy atom. The molecule has 3 aromatic carbocycles. The molecule has 26 heavy (non-hydrogen) atoms. The van der Waals surface area contributed by atoms with Crippen LogP contribution in [-0.2, 0) is 5.54 Å². The van der Waals surface area contributed by atoms with Gasteiger partial charge in [-0.05, 0) is 22.9 Å². The third kappa shape index (κ3) is 3.10. The first-order valence-electron chi connectivity index (χ1n) is 8.61. The fraction of sp³-hybridized carbons (Fsp3) is 0.0455. The number of rotatable bonds is 5. The normalized spacial score (nSPS) is 11.1. The van der Waals surface area contributed by atoms with E-state index in [0.29, 0.717) is 0 Å². The lowest BCUT2D eigenvalue weighted by Crippen LogP contribution is -2.37. The van der Waals surface area contributed by atoms with Crippen LogP contribution in [0.15, 0.2) is 104 Å². The Balaban J connectivity index is 2.10. The number of nitrogens with zero attached hydrogens (tertiary/aromatic N) is 2. The molecular formula is C22H17IMgN2. The van der Waals surface area contributed by atoms with Gasteiger partial charge in [0.25, 0.3) is 0 Å². The molecule has 0 bridgehead atoms. The fourth-order valence-electron chi connectivity index (χ4n) is 3.60. The minimum absolute atomic E-state index is 0.347. The summed E-state index contributed by atoms with van der Waals surface area (Å²) in [6, 6.07) is 32.1. The number of imidazole rings is 1. The molecule has 1 aromatic heterocycles. The summed E-state index contributed by atoms with van der Waals surface area (Å²) in [5.74, 6) is 0. The van der Waals surface area contributed by atoms with Gasteiger partial charge in [0.2, 0.25) is 0 Å². The van der Waals surface area contributed by atoms with Gasteiger partial charge in [0, 0.05) is 0 Å². The lowest BCUT2D eigenvalue weighted by Gasteiger charge is -2.37. The second-order valence-corrected chi connectivity index (χ2v) is 9.49. The zero-order chi connectivity index (χ0) is 17.8. The van der Waals surface area contributed by atoms with Crippen molar-refractivity contribution < 1.29 is 0 Å². The van der Waals surface area contributed by atoms with E-state index in [1.807, 2.05) is 6.33 Å². The Labute approximate surface area is 173 Å². The molecule has 0 N–H and O–H groups in total. The smallest absolute Gasteiger partial charge is 0.321 e. The molecule has 0 saturated carbocycles. The van der Waals surface area contributed by atoms with Crippen molar-refractivity contribution in [3.05, 3.63) is 120 Å². The Bertz CT molecular complexity index is 872. The zero-order valence-corrected chi connectivity index (χ0v) is 17.9. The molecule has 2 nitrogen and oxygen atoms in total. The Morgan fingerprint density at radius 2 is 1.12 bits per heavy atom. The van der Waals surface area contributed by atoms with Crippen LogP contribution in [0.2, 0.25) is 0 Å². The third-order valence-corrected chi connectivity index (χ3v) is 7.72. The van der Waals surface area contributed by atoms with Crippen molar-refractivity contribution in [2.24, 2.45) is 0 Å². The van der Waals surface area contributed by atoms with Crippen LogP contribution in [-0.4, -0.2) is 26.0 Å². The maximum Gasteiger partial charge on any atom is 0.534 e. The second-order valence-electron chi connectivity index (χ2n) is 6.21. The van der Waals surface area contributed by atoms with E-state index in [1.54, 1.807) is 0 Å². The van der Waals surface area contributed by atoms with Crippen molar-refractivity contribution in [2.75, 3.05) is 0 Å². The first-order valence-corrected chi connectivity index (χ1v) is 14.4. The molecule has 4 rings (SSSR count). The molecule has 0 aliphatic rings. The monoisotopic (exact) mass is 460 g/mol. The predicted molar refractivity (Wildman–Crippen MR) is 116 cm³/mol. The lowest BCUT2D eigenvalue weighted by molar-refractivity contribution is 0.515. The standard InChI is InChI=1S/C22H17N2.HI.Mg/c1-4-10-19(11-5-1)22(24-17-16-23-18-24,20-12-6-2-7-13-20)21-14-8-3-9-15-21;;/h1-15,17-18H;1H;/q;;+1/p-1. The van der Waals surface area contributed by atoms with Crippen LogP contribution in [0.4, 0.5) is 0 Å². The summed E-state index contributed by atoms with van der Waals surface area (Å²) in [6.45, 7) is 0. The van der Waals surface area contributed by atoms with Gasteiger partial charge >= 0.3 is 16.5 Å². The van der Waals surface area contributed by atoms with Gasteiger partial charge in [-0.3, -0.25) is 23.8 Å². The Hall–Kier alpha value is -1.63. The van der Waals surface area contributed by atoms with Gasteiger partial charge in [-0.15, -0.1) is 0 Å². The van der Waals surface area contributed by atoms with E-state index >= 15 is 0 Å². The van der Waals surface area contributed by atoms with Crippen LogP contribution < -0.4 is 3.82 Å². The van der Waals surface area contributed by atoms with Crippen LogP contribution >= 0.6 is 18.9 Å². The summed E-state index contributed by atoms with van der Waals surface area (Å²) < 4.78 is 3.51. The molecule has 0 amide bonds. The lowest BCUT2D eigenvalue weighted by atomic mass is 9.77. The molecule has 0 aliphatic carbocycles. The van der Waals surface area contributed by atoms with E-state index in [1.165, 1.54) is 20.5 Å². The summed E-state index contributed by atoms with van der Waals surface area (Å²) in [5.41, 5.74) is 3.26. The number of aromatic nitrogens is 2. The third-order valence-electron chi connectivity index (χ3n) is 4.73. The molecule has 0 radical (unpaired) electrons. The van der Waals surface area contributed by atoms with Gasteiger partial charge < -0.3 is 4.57 Å². The zero-order valence-electron chi connectivity index (χ0n) is 14.3. The number of halogens is 1. The van der Waals surface area contributed by atoms with Gasteiger partial charge in [0.15, 0.2) is 0 Å². The van der Waals surface area contributed by atoms with Crippen molar-refractivity contribution in [2.45, 2.75) is 5.54 Å². The minimum atomic E-state index is -0.435. The van der Waals surface area contributed by atoms with E-state index in [0.717, 1.165) is 0 Å². The van der Waals surface area contributed by atoms with Gasteiger partial charge in [-0.1, -0.05) is 94.8 Å². The summed E-state index contributed by atoms with van der Waals surface area (Å²) in [5, 5.41) is 0. The predicted octanol–water partition coefficient (Wildman–Crippen LogP) is 4.40. The fourth-order valence-corrected chi connectivity index (χ4v) is 5.20. The summed E-state index contributed by atoms with van der Waals surface area (Å²) in [6.07, 6.45) is 4.22. The molecule has 0 spiro atoms. The second kappa shape index (κ2) is 7.94. The number of hydrogen-bond donors (Lipinski definition) is 0. The molecule has 1 heterocycles. The van der Waals surface area contributed by atoms with Gasteiger partial charge in [-0.2, -0.15) is 0 Å². The highest BCUT2D eigenvalue weighted by Crippen LogP contribution is 2.40. The number of hydrogen-bond acceptors (Lipinski definition) is 1. The molecule has 4 aromatic rings. The number of benzene rings is 3. The average Bonchev–Trinajstić information content (AvgIpc) is 3.21. The molecule has 0 fully saturated rings. The topological polar surface area (TPSA) is 17.8 Å². The highest BCUT2D eigenvalue weighted by molar-refractivity contribution is 14.1. The molecule has 0 atom stereocenters. The molecule has 0 unspecified atom stereocenters. The van der Waals surface area contributed by atoms with Crippen LogP contribution in [0.3, 0.4) is 0 Å². The van der Waals surface area contributed by atoms with Crippen LogP contribution in [0.25, 0.3) is 0 Å². The van der Waals surface area contributed by atoms with Crippen molar-refractivity contribution in [3.63, 3.8) is 0 Å². The van der Waals surface area contributed by atoms with Crippen molar-refractivity contribution in [1.82, 2.24) is 9.55 Å². The molecule has 0 aliphatic heterocycles. The molecule has 124 valence electrons. The molecule has 0 saturated heterocycles. The largest absolute Gasteiger partial charge is 0.534 e. The maximum absolute atomic E-state index is 4.69. The van der Waals surface area contributed by atoms with E-state index in [2.05, 4.69) is 121 Å². The summed E-state index contributed by atoms with van der Waals surface area (Å²) in [7, 11) is 0. The van der Waals surface area contributed by atoms with E-state index in [4.69, 9.17) is 4.98 Å². The van der Waals surface area contributed by atoms with Gasteiger partial charge in [-0.25, -0.2) is 0 Å². The maximum atomic E-state index is 4.69. The van der Waals surface area contributed by atoms with Crippen molar-refractivity contribution in [1.29, 1.82) is 0 Å². The Kier molecular flexibility index (Phi) is 5.43. The van der Waals surface area contributed by atoms with E-state index in [9.17, 15) is 0 Å². The highest BCUT2D eigenvalue weighted by atomic mass is 127. The molecule has 4 heteroatoms. The van der Waals surface area contributed by atoms with Crippen LogP contribution in [0, 0.1) is 0 Å². The first-order chi connectivity index (χ1) is 12.9. The van der Waals surface area contributed by atoms with Gasteiger partial charge in [0.05, 0.1) is 6.33 Å². The van der Waals surface area contributed by atoms with Crippen LogP contribution in [0.5, 0.6) is 0 Å². The SMILES string of the molecule is [I][Mg][c]1cn(C(c2ccccc2)(c2ccccc2)c2ccccc2)cn1. The molecular weight excluding hydrogens is 443 g/mol. The highest BCUT2D eigenvalue weighted by Gasteiger charge is 2.38. The first kappa shape index (κ1) is 17.8. The Morgan fingerprint density at radius 1 is 0.692 bits per heavy atom. The average molecular weight is 461 g/mol. The minimum Gasteiger partial charge on any atom is -0.321 e. The van der Waals surface area contributed by atoms with Gasteiger partial charge in [0.1, 0.15) is 5.54 Å². The summed E-state index contributed by atoms with van der Waals surface area (Å²) >= 11 is 2.15. The van der Waals surface area contributed by atoms with Crippen molar-refractivity contribution in [3.8, 4) is 0 Å².